The minimum atomic E-state index is -0.388. The number of thiophene rings is 1. The number of halogens is 1. The summed E-state index contributed by atoms with van der Waals surface area (Å²) in [6.07, 6.45) is 5.09. The standard InChI is InChI=1S/C17H18ClN3O2S2/c18-13-11-8-4-5-9-12(11)25-14(13)16(23)20-21-17(24)19-15(22)10-6-2-1-3-7-10/h4-5,8-10H,1-3,6-7H2,(H,20,23)(H2,19,21,22,24). The molecule has 1 aliphatic rings. The maximum atomic E-state index is 12.3. The summed E-state index contributed by atoms with van der Waals surface area (Å²) in [5.41, 5.74) is 5.06. The van der Waals surface area contributed by atoms with E-state index in [1.54, 1.807) is 0 Å². The van der Waals surface area contributed by atoms with E-state index in [-0.39, 0.29) is 22.8 Å². The van der Waals surface area contributed by atoms with Crippen molar-refractivity contribution in [1.82, 2.24) is 16.2 Å². The third-order valence-electron chi connectivity index (χ3n) is 4.24. The summed E-state index contributed by atoms with van der Waals surface area (Å²) in [6.45, 7) is 0. The summed E-state index contributed by atoms with van der Waals surface area (Å²) in [5, 5.41) is 3.97. The molecule has 0 radical (unpaired) electrons. The molecule has 0 saturated heterocycles. The lowest BCUT2D eigenvalue weighted by atomic mass is 9.89. The number of hydrogen-bond acceptors (Lipinski definition) is 4. The Morgan fingerprint density at radius 2 is 1.84 bits per heavy atom. The topological polar surface area (TPSA) is 70.2 Å². The fraction of sp³-hybridized carbons (Fsp3) is 0.353. The Labute approximate surface area is 160 Å². The van der Waals surface area contributed by atoms with Crippen molar-refractivity contribution < 1.29 is 9.59 Å². The van der Waals surface area contributed by atoms with Gasteiger partial charge in [0.25, 0.3) is 5.91 Å². The Bertz CT molecular complexity index is 815. The lowest BCUT2D eigenvalue weighted by Crippen LogP contribution is -2.49. The number of nitrogens with one attached hydrogen (secondary N) is 3. The van der Waals surface area contributed by atoms with E-state index in [1.807, 2.05) is 24.3 Å². The molecule has 1 fully saturated rings. The number of thiocarbonyl (C=S) groups is 1. The van der Waals surface area contributed by atoms with Crippen LogP contribution in [0.1, 0.15) is 41.8 Å². The number of hydrogen-bond donors (Lipinski definition) is 3. The molecule has 0 aliphatic heterocycles. The number of carbonyl (C=O) groups is 2. The predicted octanol–water partition coefficient (Wildman–Crippen LogP) is 3.77. The molecule has 0 bridgehead atoms. The van der Waals surface area contributed by atoms with Gasteiger partial charge in [-0.05, 0) is 31.1 Å². The van der Waals surface area contributed by atoms with Gasteiger partial charge in [-0.15, -0.1) is 11.3 Å². The highest BCUT2D eigenvalue weighted by Crippen LogP contribution is 2.34. The first-order chi connectivity index (χ1) is 12.1. The monoisotopic (exact) mass is 395 g/mol. The van der Waals surface area contributed by atoms with E-state index in [4.69, 9.17) is 23.8 Å². The van der Waals surface area contributed by atoms with Crippen LogP contribution < -0.4 is 16.2 Å². The Morgan fingerprint density at radius 1 is 1.12 bits per heavy atom. The zero-order valence-electron chi connectivity index (χ0n) is 13.4. The predicted molar refractivity (Wildman–Crippen MR) is 105 cm³/mol. The highest BCUT2D eigenvalue weighted by molar-refractivity contribution is 7.80. The van der Waals surface area contributed by atoms with Crippen molar-refractivity contribution in [2.45, 2.75) is 32.1 Å². The summed E-state index contributed by atoms with van der Waals surface area (Å²) in [4.78, 5) is 24.8. The Hall–Kier alpha value is -1.70. The van der Waals surface area contributed by atoms with E-state index in [0.29, 0.717) is 9.90 Å². The third kappa shape index (κ3) is 4.29. The van der Waals surface area contributed by atoms with E-state index in [2.05, 4.69) is 16.2 Å². The molecule has 8 heteroatoms. The molecule has 1 heterocycles. The molecular weight excluding hydrogens is 378 g/mol. The van der Waals surface area contributed by atoms with Crippen molar-refractivity contribution in [3.8, 4) is 0 Å². The van der Waals surface area contributed by atoms with Crippen LogP contribution in [0.15, 0.2) is 24.3 Å². The van der Waals surface area contributed by atoms with Gasteiger partial charge in [0, 0.05) is 16.0 Å². The number of carbonyl (C=O) groups excluding carboxylic acids is 2. The van der Waals surface area contributed by atoms with Crippen LogP contribution in [0.3, 0.4) is 0 Å². The zero-order chi connectivity index (χ0) is 17.8. The largest absolute Gasteiger partial charge is 0.302 e. The highest BCUT2D eigenvalue weighted by Gasteiger charge is 2.22. The van der Waals surface area contributed by atoms with E-state index >= 15 is 0 Å². The fourth-order valence-corrected chi connectivity index (χ4v) is 4.50. The number of fused-ring (bicyclic) bond motifs is 1. The molecule has 2 amide bonds. The number of benzene rings is 1. The summed E-state index contributed by atoms with van der Waals surface area (Å²) in [6, 6.07) is 7.54. The van der Waals surface area contributed by atoms with E-state index < -0.39 is 0 Å². The lowest BCUT2D eigenvalue weighted by molar-refractivity contribution is -0.124. The van der Waals surface area contributed by atoms with Crippen molar-refractivity contribution in [1.29, 1.82) is 0 Å². The lowest BCUT2D eigenvalue weighted by Gasteiger charge is -2.21. The van der Waals surface area contributed by atoms with Gasteiger partial charge in [-0.25, -0.2) is 0 Å². The zero-order valence-corrected chi connectivity index (χ0v) is 15.8. The van der Waals surface area contributed by atoms with Gasteiger partial charge in [-0.3, -0.25) is 20.4 Å². The van der Waals surface area contributed by atoms with Crippen LogP contribution in [0, 0.1) is 5.92 Å². The Balaban J connectivity index is 1.55. The summed E-state index contributed by atoms with van der Waals surface area (Å²) in [5.74, 6) is -0.479. The van der Waals surface area contributed by atoms with Gasteiger partial charge in [0.05, 0.1) is 5.02 Å². The quantitative estimate of drug-likeness (QED) is 0.534. The second kappa shape index (κ2) is 8.12. The molecule has 132 valence electrons. The maximum absolute atomic E-state index is 12.3. The van der Waals surface area contributed by atoms with Crippen LogP contribution in [0.5, 0.6) is 0 Å². The van der Waals surface area contributed by atoms with Gasteiger partial charge in [0.15, 0.2) is 5.11 Å². The molecule has 0 unspecified atom stereocenters. The van der Waals surface area contributed by atoms with Crippen LogP contribution in [-0.2, 0) is 4.79 Å². The minimum Gasteiger partial charge on any atom is -0.302 e. The molecule has 5 nitrogen and oxygen atoms in total. The van der Waals surface area contributed by atoms with E-state index in [9.17, 15) is 9.59 Å². The van der Waals surface area contributed by atoms with Crippen molar-refractivity contribution in [3.63, 3.8) is 0 Å². The summed E-state index contributed by atoms with van der Waals surface area (Å²) < 4.78 is 0.936. The first kappa shape index (κ1) is 18.1. The molecule has 1 saturated carbocycles. The fourth-order valence-electron chi connectivity index (χ4n) is 2.94. The van der Waals surface area contributed by atoms with Gasteiger partial charge in [0.1, 0.15) is 4.88 Å². The summed E-state index contributed by atoms with van der Waals surface area (Å²) in [7, 11) is 0. The molecule has 3 rings (SSSR count). The van der Waals surface area contributed by atoms with Crippen molar-refractivity contribution in [3.05, 3.63) is 34.2 Å². The molecule has 25 heavy (non-hydrogen) atoms. The number of amides is 2. The van der Waals surface area contributed by atoms with Gasteiger partial charge >= 0.3 is 0 Å². The Morgan fingerprint density at radius 3 is 2.56 bits per heavy atom. The highest BCUT2D eigenvalue weighted by atomic mass is 35.5. The molecule has 1 aromatic heterocycles. The molecule has 1 aromatic carbocycles. The van der Waals surface area contributed by atoms with Gasteiger partial charge in [-0.1, -0.05) is 49.1 Å². The molecule has 1 aliphatic carbocycles. The smallest absolute Gasteiger partial charge is 0.281 e. The van der Waals surface area contributed by atoms with Crippen LogP contribution in [0.25, 0.3) is 10.1 Å². The number of rotatable bonds is 2. The average Bonchev–Trinajstić information content (AvgIpc) is 2.97. The van der Waals surface area contributed by atoms with Crippen molar-refractivity contribution in [2.75, 3.05) is 0 Å². The van der Waals surface area contributed by atoms with Gasteiger partial charge in [0.2, 0.25) is 5.91 Å². The van der Waals surface area contributed by atoms with Crippen molar-refractivity contribution in [2.24, 2.45) is 5.92 Å². The minimum absolute atomic E-state index is 0.00115. The molecule has 0 atom stereocenters. The molecule has 0 spiro atoms. The van der Waals surface area contributed by atoms with E-state index in [1.165, 1.54) is 17.8 Å². The molecule has 3 N–H and O–H groups in total. The maximum Gasteiger partial charge on any atom is 0.281 e. The first-order valence-electron chi connectivity index (χ1n) is 8.14. The third-order valence-corrected chi connectivity index (χ3v) is 6.12. The molecule has 2 aromatic rings. The average molecular weight is 396 g/mol. The summed E-state index contributed by atoms with van der Waals surface area (Å²) >= 11 is 12.7. The SMILES string of the molecule is O=C(NNC(=S)NC(=O)C1CCCCC1)c1sc2ccccc2c1Cl. The molecular formula is C17H18ClN3O2S2. The second-order valence-electron chi connectivity index (χ2n) is 5.97. The van der Waals surface area contributed by atoms with Crippen LogP contribution in [0.4, 0.5) is 0 Å². The van der Waals surface area contributed by atoms with Gasteiger partial charge in [-0.2, -0.15) is 0 Å². The van der Waals surface area contributed by atoms with Crippen molar-refractivity contribution >= 4 is 62.2 Å². The normalized spacial score (nSPS) is 14.9. The number of hydrazine groups is 1. The second-order valence-corrected chi connectivity index (χ2v) is 7.81. The van der Waals surface area contributed by atoms with Crippen LogP contribution >= 0.6 is 35.2 Å². The van der Waals surface area contributed by atoms with E-state index in [0.717, 1.165) is 35.8 Å². The Kier molecular flexibility index (Phi) is 5.88. The van der Waals surface area contributed by atoms with Gasteiger partial charge < -0.3 is 5.32 Å². The first-order valence-corrected chi connectivity index (χ1v) is 9.74. The van der Waals surface area contributed by atoms with Crippen LogP contribution in [-0.4, -0.2) is 16.9 Å². The van der Waals surface area contributed by atoms with Crippen LogP contribution in [0.2, 0.25) is 5.02 Å².